The van der Waals surface area contributed by atoms with Crippen LogP contribution >= 0.6 is 0 Å². The van der Waals surface area contributed by atoms with Crippen LogP contribution in [0.15, 0.2) is 16.5 Å². The number of carbonyl (C=O) groups is 1. The summed E-state index contributed by atoms with van der Waals surface area (Å²) < 4.78 is 5.48. The van der Waals surface area contributed by atoms with Crippen LogP contribution in [0.1, 0.15) is 36.8 Å². The zero-order valence-corrected chi connectivity index (χ0v) is 9.12. The molecule has 0 radical (unpaired) electrons. The SMILES string of the molecule is CNC(CCCC(=O)O)c1ccc(C)o1. The Labute approximate surface area is 89.3 Å². The van der Waals surface area contributed by atoms with E-state index < -0.39 is 5.97 Å². The molecule has 84 valence electrons. The lowest BCUT2D eigenvalue weighted by Gasteiger charge is -2.12. The fraction of sp³-hybridized carbons (Fsp3) is 0.545. The smallest absolute Gasteiger partial charge is 0.303 e. The molecule has 0 fully saturated rings. The molecule has 0 spiro atoms. The monoisotopic (exact) mass is 211 g/mol. The largest absolute Gasteiger partial charge is 0.481 e. The molecule has 15 heavy (non-hydrogen) atoms. The van der Waals surface area contributed by atoms with Crippen LogP contribution in [-0.2, 0) is 4.79 Å². The Kier molecular flexibility index (Phi) is 4.37. The zero-order valence-electron chi connectivity index (χ0n) is 9.12. The molecule has 1 aromatic rings. The van der Waals surface area contributed by atoms with Gasteiger partial charge < -0.3 is 14.8 Å². The molecule has 1 aromatic heterocycles. The predicted octanol–water partition coefficient (Wildman–Crippen LogP) is 2.10. The summed E-state index contributed by atoms with van der Waals surface area (Å²) in [5.74, 6) is 1.00. The molecule has 0 bridgehead atoms. The van der Waals surface area contributed by atoms with Crippen molar-refractivity contribution in [2.24, 2.45) is 0 Å². The fourth-order valence-corrected chi connectivity index (χ4v) is 1.53. The van der Waals surface area contributed by atoms with Crippen molar-refractivity contribution < 1.29 is 14.3 Å². The maximum atomic E-state index is 10.4. The first-order chi connectivity index (χ1) is 7.13. The maximum Gasteiger partial charge on any atom is 0.303 e. The molecule has 0 aromatic carbocycles. The van der Waals surface area contributed by atoms with Crippen LogP contribution in [0.25, 0.3) is 0 Å². The molecule has 0 aliphatic carbocycles. The predicted molar refractivity (Wildman–Crippen MR) is 56.7 cm³/mol. The van der Waals surface area contributed by atoms with E-state index in [4.69, 9.17) is 9.52 Å². The van der Waals surface area contributed by atoms with E-state index in [-0.39, 0.29) is 12.5 Å². The van der Waals surface area contributed by atoms with E-state index in [1.807, 2.05) is 26.1 Å². The topological polar surface area (TPSA) is 62.5 Å². The molecule has 0 saturated carbocycles. The summed E-state index contributed by atoms with van der Waals surface area (Å²) in [6.07, 6.45) is 1.63. The van der Waals surface area contributed by atoms with Crippen LogP contribution in [0.4, 0.5) is 0 Å². The highest BCUT2D eigenvalue weighted by molar-refractivity contribution is 5.66. The second-order valence-electron chi connectivity index (χ2n) is 3.58. The Morgan fingerprint density at radius 1 is 1.60 bits per heavy atom. The lowest BCUT2D eigenvalue weighted by atomic mass is 10.1. The third-order valence-electron chi connectivity index (χ3n) is 2.34. The molecule has 1 heterocycles. The first-order valence-electron chi connectivity index (χ1n) is 5.09. The van der Waals surface area contributed by atoms with Gasteiger partial charge in [-0.15, -0.1) is 0 Å². The van der Waals surface area contributed by atoms with Gasteiger partial charge in [0.2, 0.25) is 0 Å². The molecule has 0 amide bonds. The third-order valence-corrected chi connectivity index (χ3v) is 2.34. The van der Waals surface area contributed by atoms with Gasteiger partial charge in [-0.1, -0.05) is 0 Å². The van der Waals surface area contributed by atoms with Gasteiger partial charge in [-0.3, -0.25) is 4.79 Å². The molecule has 0 aliphatic heterocycles. The summed E-state index contributed by atoms with van der Waals surface area (Å²) in [7, 11) is 1.85. The molecule has 1 rings (SSSR count). The zero-order chi connectivity index (χ0) is 11.3. The first kappa shape index (κ1) is 11.8. The summed E-state index contributed by atoms with van der Waals surface area (Å²) in [6, 6.07) is 3.95. The van der Waals surface area contributed by atoms with Crippen LogP contribution < -0.4 is 5.32 Å². The van der Waals surface area contributed by atoms with Crippen LogP contribution in [0.2, 0.25) is 0 Å². The molecule has 2 N–H and O–H groups in total. The Balaban J connectivity index is 2.45. The quantitative estimate of drug-likeness (QED) is 0.756. The number of aryl methyl sites for hydroxylation is 1. The van der Waals surface area contributed by atoms with Gasteiger partial charge in [0, 0.05) is 6.42 Å². The highest BCUT2D eigenvalue weighted by atomic mass is 16.4. The molecule has 1 unspecified atom stereocenters. The molecule has 1 atom stereocenters. The second kappa shape index (κ2) is 5.56. The van der Waals surface area contributed by atoms with Gasteiger partial charge in [-0.2, -0.15) is 0 Å². The highest BCUT2D eigenvalue weighted by Crippen LogP contribution is 2.20. The summed E-state index contributed by atoms with van der Waals surface area (Å²) in [5, 5.41) is 11.6. The van der Waals surface area contributed by atoms with Crippen molar-refractivity contribution in [2.45, 2.75) is 32.2 Å². The Bertz CT molecular complexity index is 319. The number of hydrogen-bond donors (Lipinski definition) is 2. The third kappa shape index (κ3) is 3.75. The second-order valence-corrected chi connectivity index (χ2v) is 3.58. The lowest BCUT2D eigenvalue weighted by Crippen LogP contribution is -2.16. The average molecular weight is 211 g/mol. The number of hydrogen-bond acceptors (Lipinski definition) is 3. The number of carboxylic acid groups (broad SMARTS) is 1. The minimum Gasteiger partial charge on any atom is -0.481 e. The molecular weight excluding hydrogens is 194 g/mol. The van der Waals surface area contributed by atoms with Crippen molar-refractivity contribution in [3.63, 3.8) is 0 Å². The lowest BCUT2D eigenvalue weighted by molar-refractivity contribution is -0.137. The highest BCUT2D eigenvalue weighted by Gasteiger charge is 2.13. The summed E-state index contributed by atoms with van der Waals surface area (Å²) in [5.41, 5.74) is 0. The van der Waals surface area contributed by atoms with E-state index in [1.165, 1.54) is 0 Å². The van der Waals surface area contributed by atoms with Gasteiger partial charge in [-0.25, -0.2) is 0 Å². The molecular formula is C11H17NO3. The van der Waals surface area contributed by atoms with E-state index in [1.54, 1.807) is 0 Å². The molecule has 4 nitrogen and oxygen atoms in total. The Hall–Kier alpha value is -1.29. The molecule has 4 heteroatoms. The van der Waals surface area contributed by atoms with E-state index in [2.05, 4.69) is 5.32 Å². The van der Waals surface area contributed by atoms with Gasteiger partial charge in [0.25, 0.3) is 0 Å². The van der Waals surface area contributed by atoms with Crippen molar-refractivity contribution >= 4 is 5.97 Å². The molecule has 0 saturated heterocycles. The molecule has 0 aliphatic rings. The number of nitrogens with one attached hydrogen (secondary N) is 1. The van der Waals surface area contributed by atoms with Crippen molar-refractivity contribution in [1.82, 2.24) is 5.32 Å². The number of rotatable bonds is 6. The fourth-order valence-electron chi connectivity index (χ4n) is 1.53. The van der Waals surface area contributed by atoms with Crippen LogP contribution in [0, 0.1) is 6.92 Å². The van der Waals surface area contributed by atoms with E-state index in [9.17, 15) is 4.79 Å². The number of carboxylic acids is 1. The van der Waals surface area contributed by atoms with Crippen molar-refractivity contribution in [2.75, 3.05) is 7.05 Å². The van der Waals surface area contributed by atoms with E-state index >= 15 is 0 Å². The minimum atomic E-state index is -0.750. The van der Waals surface area contributed by atoms with Crippen molar-refractivity contribution in [3.8, 4) is 0 Å². The van der Waals surface area contributed by atoms with Crippen LogP contribution in [0.5, 0.6) is 0 Å². The van der Waals surface area contributed by atoms with E-state index in [0.29, 0.717) is 6.42 Å². The Morgan fingerprint density at radius 3 is 2.80 bits per heavy atom. The maximum absolute atomic E-state index is 10.4. The van der Waals surface area contributed by atoms with Gasteiger partial charge in [-0.05, 0) is 38.9 Å². The summed E-state index contributed by atoms with van der Waals surface area (Å²) >= 11 is 0. The Morgan fingerprint density at radius 2 is 2.33 bits per heavy atom. The van der Waals surface area contributed by atoms with Gasteiger partial charge in [0.1, 0.15) is 11.5 Å². The summed E-state index contributed by atoms with van der Waals surface area (Å²) in [6.45, 7) is 1.90. The normalized spacial score (nSPS) is 12.7. The minimum absolute atomic E-state index is 0.109. The van der Waals surface area contributed by atoms with E-state index in [0.717, 1.165) is 17.9 Å². The first-order valence-corrected chi connectivity index (χ1v) is 5.09. The standard InChI is InChI=1S/C11H17NO3/c1-8-6-7-10(15-8)9(12-2)4-3-5-11(13)14/h6-7,9,12H,3-5H2,1-2H3,(H,13,14). The van der Waals surface area contributed by atoms with Crippen LogP contribution in [-0.4, -0.2) is 18.1 Å². The number of furan rings is 1. The summed E-state index contributed by atoms with van der Waals surface area (Å²) in [4.78, 5) is 10.4. The average Bonchev–Trinajstić information content (AvgIpc) is 2.59. The van der Waals surface area contributed by atoms with Gasteiger partial charge in [0.15, 0.2) is 0 Å². The van der Waals surface area contributed by atoms with Crippen molar-refractivity contribution in [3.05, 3.63) is 23.7 Å². The van der Waals surface area contributed by atoms with Crippen molar-refractivity contribution in [1.29, 1.82) is 0 Å². The van der Waals surface area contributed by atoms with Gasteiger partial charge >= 0.3 is 5.97 Å². The van der Waals surface area contributed by atoms with Gasteiger partial charge in [0.05, 0.1) is 6.04 Å². The van der Waals surface area contributed by atoms with Crippen LogP contribution in [0.3, 0.4) is 0 Å². The number of aliphatic carboxylic acids is 1.